The molecule has 1 heterocycles. The Morgan fingerprint density at radius 2 is 1.92 bits per heavy atom. The van der Waals surface area contributed by atoms with Crippen LogP contribution in [0.25, 0.3) is 0 Å². The summed E-state index contributed by atoms with van der Waals surface area (Å²) in [5, 5.41) is 0. The fraction of sp³-hybridized carbons (Fsp3) is 0.889. The van der Waals surface area contributed by atoms with Crippen LogP contribution in [0.15, 0.2) is 0 Å². The number of hydrogen-bond acceptors (Lipinski definition) is 3. The van der Waals surface area contributed by atoms with Crippen LogP contribution >= 0.6 is 0 Å². The molecule has 1 amide bonds. The summed E-state index contributed by atoms with van der Waals surface area (Å²) in [6.07, 6.45) is -0.151. The van der Waals surface area contributed by atoms with Crippen molar-refractivity contribution in [2.45, 2.75) is 33.0 Å². The number of carbonyl (C=O) groups is 1. The molecule has 1 aliphatic heterocycles. The van der Waals surface area contributed by atoms with Crippen molar-refractivity contribution in [1.82, 2.24) is 9.80 Å². The van der Waals surface area contributed by atoms with E-state index in [1.165, 1.54) is 0 Å². The lowest BCUT2D eigenvalue weighted by atomic mass is 10.2. The van der Waals surface area contributed by atoms with Crippen LogP contribution in [0.2, 0.25) is 0 Å². The van der Waals surface area contributed by atoms with E-state index in [2.05, 4.69) is 18.7 Å². The summed E-state index contributed by atoms with van der Waals surface area (Å²) in [6.45, 7) is 8.27. The van der Waals surface area contributed by atoms with Gasteiger partial charge in [0.15, 0.2) is 0 Å². The Balaban J connectivity index is 2.52. The van der Waals surface area contributed by atoms with Gasteiger partial charge in [-0.05, 0) is 20.8 Å². The van der Waals surface area contributed by atoms with Crippen LogP contribution in [-0.2, 0) is 4.79 Å². The van der Waals surface area contributed by atoms with Gasteiger partial charge in [0.25, 0.3) is 0 Å². The van der Waals surface area contributed by atoms with Crippen LogP contribution in [-0.4, -0.2) is 47.5 Å². The number of nitrogens with zero attached hydrogens (tertiary/aromatic N) is 2. The van der Waals surface area contributed by atoms with Crippen molar-refractivity contribution in [3.05, 3.63) is 0 Å². The van der Waals surface area contributed by atoms with Crippen LogP contribution in [0.4, 0.5) is 0 Å². The maximum atomic E-state index is 11.6. The van der Waals surface area contributed by atoms with Crippen LogP contribution < -0.4 is 5.73 Å². The summed E-state index contributed by atoms with van der Waals surface area (Å²) in [5.74, 6) is 0.148. The van der Waals surface area contributed by atoms with Crippen molar-refractivity contribution in [2.75, 3.05) is 19.6 Å². The van der Waals surface area contributed by atoms with Gasteiger partial charge in [-0.1, -0.05) is 0 Å². The lowest BCUT2D eigenvalue weighted by Crippen LogP contribution is -2.56. The maximum Gasteiger partial charge on any atom is 0.238 e. The molecule has 0 saturated carbocycles. The fourth-order valence-electron chi connectivity index (χ4n) is 1.58. The van der Waals surface area contributed by atoms with Gasteiger partial charge in [-0.15, -0.1) is 0 Å². The van der Waals surface area contributed by atoms with E-state index in [1.807, 2.05) is 6.92 Å². The summed E-state index contributed by atoms with van der Waals surface area (Å²) in [5.41, 5.74) is 5.67. The van der Waals surface area contributed by atoms with Crippen molar-refractivity contribution >= 4 is 5.91 Å². The van der Waals surface area contributed by atoms with Gasteiger partial charge in [0.2, 0.25) is 5.91 Å². The number of rotatable bonds is 2. The molecule has 1 atom stereocenters. The van der Waals surface area contributed by atoms with Gasteiger partial charge in [-0.3, -0.25) is 9.69 Å². The zero-order chi connectivity index (χ0) is 10.0. The summed E-state index contributed by atoms with van der Waals surface area (Å²) < 4.78 is 0. The SMILES string of the molecule is CC(C)N1CCN(C(C)N)C(=O)C1. The van der Waals surface area contributed by atoms with Gasteiger partial charge in [0.1, 0.15) is 0 Å². The molecule has 0 bridgehead atoms. The molecule has 0 radical (unpaired) electrons. The molecule has 1 rings (SSSR count). The third-order valence-corrected chi connectivity index (χ3v) is 2.51. The van der Waals surface area contributed by atoms with Crippen molar-refractivity contribution in [1.29, 1.82) is 0 Å². The molecular weight excluding hydrogens is 166 g/mol. The Morgan fingerprint density at radius 1 is 1.31 bits per heavy atom. The molecule has 0 aromatic heterocycles. The molecule has 13 heavy (non-hydrogen) atoms. The highest BCUT2D eigenvalue weighted by molar-refractivity contribution is 5.79. The Bertz CT molecular complexity index is 191. The maximum absolute atomic E-state index is 11.6. The largest absolute Gasteiger partial charge is 0.325 e. The average molecular weight is 185 g/mol. The molecule has 2 N–H and O–H groups in total. The highest BCUT2D eigenvalue weighted by Gasteiger charge is 2.26. The van der Waals surface area contributed by atoms with E-state index in [-0.39, 0.29) is 12.1 Å². The van der Waals surface area contributed by atoms with E-state index >= 15 is 0 Å². The predicted octanol–water partition coefficient (Wildman–Crippen LogP) is -0.156. The van der Waals surface area contributed by atoms with Crippen LogP contribution in [0.1, 0.15) is 20.8 Å². The lowest BCUT2D eigenvalue weighted by Gasteiger charge is -2.38. The first-order valence-corrected chi connectivity index (χ1v) is 4.81. The molecule has 0 aromatic carbocycles. The highest BCUT2D eigenvalue weighted by Crippen LogP contribution is 2.07. The minimum absolute atomic E-state index is 0.148. The molecule has 4 nitrogen and oxygen atoms in total. The summed E-state index contributed by atoms with van der Waals surface area (Å²) in [7, 11) is 0. The second-order valence-electron chi connectivity index (χ2n) is 3.89. The molecule has 1 aliphatic rings. The zero-order valence-electron chi connectivity index (χ0n) is 8.66. The molecule has 1 unspecified atom stereocenters. The molecule has 4 heteroatoms. The number of piperazine rings is 1. The molecule has 1 saturated heterocycles. The van der Waals surface area contributed by atoms with Crippen molar-refractivity contribution in [3.63, 3.8) is 0 Å². The van der Waals surface area contributed by atoms with E-state index in [0.29, 0.717) is 12.6 Å². The monoisotopic (exact) mass is 185 g/mol. The summed E-state index contributed by atoms with van der Waals surface area (Å²) >= 11 is 0. The summed E-state index contributed by atoms with van der Waals surface area (Å²) in [6, 6.07) is 0.444. The van der Waals surface area contributed by atoms with E-state index in [0.717, 1.165) is 13.1 Å². The van der Waals surface area contributed by atoms with E-state index in [9.17, 15) is 4.79 Å². The van der Waals surface area contributed by atoms with Crippen molar-refractivity contribution < 1.29 is 4.79 Å². The fourth-order valence-corrected chi connectivity index (χ4v) is 1.58. The van der Waals surface area contributed by atoms with Crippen molar-refractivity contribution in [3.8, 4) is 0 Å². The molecule has 0 spiro atoms. The van der Waals surface area contributed by atoms with Gasteiger partial charge in [-0.25, -0.2) is 0 Å². The number of carbonyl (C=O) groups excluding carboxylic acids is 1. The lowest BCUT2D eigenvalue weighted by molar-refractivity contribution is -0.138. The van der Waals surface area contributed by atoms with Gasteiger partial charge in [-0.2, -0.15) is 0 Å². The summed E-state index contributed by atoms with van der Waals surface area (Å²) in [4.78, 5) is 15.5. The Kier molecular flexibility index (Phi) is 3.27. The molecule has 0 aliphatic carbocycles. The van der Waals surface area contributed by atoms with Crippen molar-refractivity contribution in [2.24, 2.45) is 5.73 Å². The van der Waals surface area contributed by atoms with Crippen LogP contribution in [0.3, 0.4) is 0 Å². The van der Waals surface area contributed by atoms with E-state index < -0.39 is 0 Å². The Labute approximate surface area is 79.7 Å². The third kappa shape index (κ3) is 2.42. The predicted molar refractivity (Wildman–Crippen MR) is 52.1 cm³/mol. The number of hydrogen-bond donors (Lipinski definition) is 1. The molecule has 0 aromatic rings. The van der Waals surface area contributed by atoms with Crippen LogP contribution in [0.5, 0.6) is 0 Å². The molecule has 76 valence electrons. The van der Waals surface area contributed by atoms with Gasteiger partial charge >= 0.3 is 0 Å². The zero-order valence-corrected chi connectivity index (χ0v) is 8.66. The third-order valence-electron chi connectivity index (χ3n) is 2.51. The standard InChI is InChI=1S/C9H19N3O/c1-7(2)11-4-5-12(8(3)10)9(13)6-11/h7-8H,4-6,10H2,1-3H3. The molecule has 1 fully saturated rings. The van der Waals surface area contributed by atoms with E-state index in [4.69, 9.17) is 5.73 Å². The smallest absolute Gasteiger partial charge is 0.238 e. The minimum atomic E-state index is -0.151. The quantitative estimate of drug-likeness (QED) is 0.650. The van der Waals surface area contributed by atoms with E-state index in [1.54, 1.807) is 4.90 Å². The first kappa shape index (κ1) is 10.5. The topological polar surface area (TPSA) is 49.6 Å². The Morgan fingerprint density at radius 3 is 2.31 bits per heavy atom. The minimum Gasteiger partial charge on any atom is -0.325 e. The van der Waals surface area contributed by atoms with Gasteiger partial charge in [0, 0.05) is 19.1 Å². The second kappa shape index (κ2) is 4.07. The Hall–Kier alpha value is -0.610. The first-order chi connectivity index (χ1) is 6.02. The molecular formula is C9H19N3O. The average Bonchev–Trinajstić information content (AvgIpc) is 2.03. The first-order valence-electron chi connectivity index (χ1n) is 4.81. The van der Waals surface area contributed by atoms with Crippen LogP contribution in [0, 0.1) is 0 Å². The van der Waals surface area contributed by atoms with Gasteiger partial charge < -0.3 is 10.6 Å². The normalized spacial score (nSPS) is 22.5. The highest BCUT2D eigenvalue weighted by atomic mass is 16.2. The second-order valence-corrected chi connectivity index (χ2v) is 3.89. The number of nitrogens with two attached hydrogens (primary N) is 1. The van der Waals surface area contributed by atoms with Gasteiger partial charge in [0.05, 0.1) is 12.7 Å². The number of amides is 1.